The van der Waals surface area contributed by atoms with E-state index in [-0.39, 0.29) is 17.7 Å². The first-order valence-corrected chi connectivity index (χ1v) is 9.68. The topological polar surface area (TPSA) is 125 Å². The number of carbonyl (C=O) groups is 4. The van der Waals surface area contributed by atoms with Gasteiger partial charge in [-0.3, -0.25) is 19.8 Å². The monoisotopic (exact) mass is 432 g/mol. The molecule has 1 saturated heterocycles. The van der Waals surface area contributed by atoms with E-state index in [1.54, 1.807) is 30.3 Å². The fraction of sp³-hybridized carbons (Fsp3) is 0.130. The maximum Gasteiger partial charge on any atom is 0.331 e. The Morgan fingerprint density at radius 1 is 1.12 bits per heavy atom. The number of furan rings is 1. The number of nitrogens with zero attached hydrogens (tertiary/aromatic N) is 2. The highest BCUT2D eigenvalue weighted by Crippen LogP contribution is 2.25. The SMILES string of the molecule is Cc1cc(/C=C2/C(=O)NC(=O)N(Cc3ccco3)C2=O)c(C)n1-c1ccc(C(=O)[O-])cc1. The van der Waals surface area contributed by atoms with E-state index in [1.807, 2.05) is 18.4 Å². The molecule has 9 heteroatoms. The lowest BCUT2D eigenvalue weighted by Crippen LogP contribution is -2.53. The number of rotatable bonds is 5. The largest absolute Gasteiger partial charge is 0.545 e. The number of imide groups is 2. The third-order valence-corrected chi connectivity index (χ3v) is 5.21. The zero-order valence-corrected chi connectivity index (χ0v) is 17.2. The molecular weight excluding hydrogens is 414 g/mol. The summed E-state index contributed by atoms with van der Waals surface area (Å²) in [4.78, 5) is 49.4. The van der Waals surface area contributed by atoms with Crippen LogP contribution in [0.5, 0.6) is 0 Å². The summed E-state index contributed by atoms with van der Waals surface area (Å²) < 4.78 is 7.06. The summed E-state index contributed by atoms with van der Waals surface area (Å²) in [6.45, 7) is 3.55. The van der Waals surface area contributed by atoms with Gasteiger partial charge in [0.15, 0.2) is 0 Å². The van der Waals surface area contributed by atoms with Crippen molar-refractivity contribution in [2.24, 2.45) is 0 Å². The fourth-order valence-electron chi connectivity index (χ4n) is 3.63. The predicted octanol–water partition coefficient (Wildman–Crippen LogP) is 1.71. The van der Waals surface area contributed by atoms with Crippen LogP contribution in [-0.4, -0.2) is 33.3 Å². The second kappa shape index (κ2) is 8.03. The van der Waals surface area contributed by atoms with E-state index < -0.39 is 23.8 Å². The van der Waals surface area contributed by atoms with E-state index in [1.165, 1.54) is 24.5 Å². The predicted molar refractivity (Wildman–Crippen MR) is 110 cm³/mol. The molecule has 0 bridgehead atoms. The number of urea groups is 1. The molecule has 4 rings (SSSR count). The van der Waals surface area contributed by atoms with Crippen LogP contribution >= 0.6 is 0 Å². The molecule has 0 spiro atoms. The van der Waals surface area contributed by atoms with Crippen molar-refractivity contribution in [3.8, 4) is 5.69 Å². The highest BCUT2D eigenvalue weighted by molar-refractivity contribution is 6.31. The molecule has 1 aromatic carbocycles. The molecule has 0 atom stereocenters. The first-order chi connectivity index (χ1) is 15.3. The van der Waals surface area contributed by atoms with Crippen molar-refractivity contribution in [3.63, 3.8) is 0 Å². The number of carboxylic acids is 1. The number of amides is 4. The molecule has 1 aliphatic rings. The third kappa shape index (κ3) is 3.71. The fourth-order valence-corrected chi connectivity index (χ4v) is 3.63. The molecule has 0 unspecified atom stereocenters. The number of carboxylic acid groups (broad SMARTS) is 1. The molecule has 1 fully saturated rings. The summed E-state index contributed by atoms with van der Waals surface area (Å²) >= 11 is 0. The number of hydrogen-bond donors (Lipinski definition) is 1. The van der Waals surface area contributed by atoms with Gasteiger partial charge in [0.1, 0.15) is 11.3 Å². The van der Waals surface area contributed by atoms with Gasteiger partial charge >= 0.3 is 6.03 Å². The molecule has 0 radical (unpaired) electrons. The Morgan fingerprint density at radius 2 is 1.84 bits per heavy atom. The summed E-state index contributed by atoms with van der Waals surface area (Å²) in [5.74, 6) is -2.36. The Labute approximate surface area is 182 Å². The number of aromatic nitrogens is 1. The highest BCUT2D eigenvalue weighted by atomic mass is 16.4. The van der Waals surface area contributed by atoms with Crippen molar-refractivity contribution in [1.29, 1.82) is 0 Å². The van der Waals surface area contributed by atoms with Crippen molar-refractivity contribution >= 4 is 29.9 Å². The van der Waals surface area contributed by atoms with E-state index in [0.717, 1.165) is 16.3 Å². The summed E-state index contributed by atoms with van der Waals surface area (Å²) in [6, 6.07) is 10.4. The van der Waals surface area contributed by atoms with Crippen LogP contribution < -0.4 is 10.4 Å². The minimum Gasteiger partial charge on any atom is -0.545 e. The number of hydrogen-bond acceptors (Lipinski definition) is 6. The lowest BCUT2D eigenvalue weighted by molar-refractivity contribution is -0.255. The Bertz CT molecular complexity index is 1270. The molecular formula is C23H18N3O6-. The molecule has 9 nitrogen and oxygen atoms in total. The summed E-state index contributed by atoms with van der Waals surface area (Å²) in [5, 5.41) is 13.2. The average molecular weight is 432 g/mol. The Hall–Kier alpha value is -4.40. The number of barbiturate groups is 1. The van der Waals surface area contributed by atoms with Gasteiger partial charge in [-0.05, 0) is 61.4 Å². The van der Waals surface area contributed by atoms with Crippen molar-refractivity contribution in [2.45, 2.75) is 20.4 Å². The smallest absolute Gasteiger partial charge is 0.331 e. The lowest BCUT2D eigenvalue weighted by Gasteiger charge is -2.25. The number of benzene rings is 1. The number of aryl methyl sites for hydroxylation is 1. The van der Waals surface area contributed by atoms with Gasteiger partial charge in [-0.1, -0.05) is 12.1 Å². The van der Waals surface area contributed by atoms with Crippen LogP contribution in [-0.2, 0) is 16.1 Å². The summed E-state index contributed by atoms with van der Waals surface area (Å²) in [6.07, 6.45) is 2.87. The van der Waals surface area contributed by atoms with Gasteiger partial charge in [0.05, 0.1) is 18.8 Å². The Morgan fingerprint density at radius 3 is 2.47 bits per heavy atom. The minimum absolute atomic E-state index is 0.0596. The van der Waals surface area contributed by atoms with E-state index in [9.17, 15) is 24.3 Å². The van der Waals surface area contributed by atoms with Crippen molar-refractivity contribution < 1.29 is 28.7 Å². The second-order valence-corrected chi connectivity index (χ2v) is 7.28. The van der Waals surface area contributed by atoms with E-state index in [0.29, 0.717) is 17.0 Å². The van der Waals surface area contributed by atoms with E-state index in [4.69, 9.17) is 4.42 Å². The van der Waals surface area contributed by atoms with Gasteiger partial charge in [0, 0.05) is 17.1 Å². The molecule has 0 saturated carbocycles. The number of carbonyl (C=O) groups excluding carboxylic acids is 4. The van der Waals surface area contributed by atoms with Crippen molar-refractivity contribution in [2.75, 3.05) is 0 Å². The van der Waals surface area contributed by atoms with Gasteiger partial charge in [-0.25, -0.2) is 4.79 Å². The molecule has 4 amide bonds. The second-order valence-electron chi connectivity index (χ2n) is 7.28. The van der Waals surface area contributed by atoms with Gasteiger partial charge < -0.3 is 18.9 Å². The van der Waals surface area contributed by atoms with E-state index >= 15 is 0 Å². The lowest BCUT2D eigenvalue weighted by atomic mass is 10.1. The van der Waals surface area contributed by atoms with Crippen LogP contribution in [0.3, 0.4) is 0 Å². The molecule has 32 heavy (non-hydrogen) atoms. The molecule has 1 aliphatic heterocycles. The number of nitrogens with one attached hydrogen (secondary N) is 1. The van der Waals surface area contributed by atoms with Crippen molar-refractivity contribution in [1.82, 2.24) is 14.8 Å². The third-order valence-electron chi connectivity index (χ3n) is 5.21. The van der Waals surface area contributed by atoms with Gasteiger partial charge in [0.2, 0.25) is 0 Å². The van der Waals surface area contributed by atoms with Crippen LogP contribution in [0.1, 0.15) is 33.1 Å². The minimum atomic E-state index is -1.27. The number of aromatic carboxylic acids is 1. The quantitative estimate of drug-likeness (QED) is 0.483. The maximum absolute atomic E-state index is 12.9. The first kappa shape index (κ1) is 20.9. The van der Waals surface area contributed by atoms with Gasteiger partial charge in [0.25, 0.3) is 11.8 Å². The van der Waals surface area contributed by atoms with Crippen LogP contribution in [0.4, 0.5) is 4.79 Å². The summed E-state index contributed by atoms with van der Waals surface area (Å²) in [7, 11) is 0. The molecule has 162 valence electrons. The Balaban J connectivity index is 1.69. The molecule has 3 heterocycles. The zero-order valence-electron chi connectivity index (χ0n) is 17.2. The Kier molecular flexibility index (Phi) is 5.23. The zero-order chi connectivity index (χ0) is 23.0. The normalized spacial score (nSPS) is 15.4. The summed E-state index contributed by atoms with van der Waals surface area (Å²) in [5.41, 5.74) is 2.74. The molecule has 3 aromatic rings. The van der Waals surface area contributed by atoms with Crippen LogP contribution in [0.2, 0.25) is 0 Å². The average Bonchev–Trinajstić information content (AvgIpc) is 3.36. The van der Waals surface area contributed by atoms with Crippen LogP contribution in [0.15, 0.2) is 58.7 Å². The highest BCUT2D eigenvalue weighted by Gasteiger charge is 2.36. The molecule has 0 aliphatic carbocycles. The standard InChI is InChI=1S/C23H19N3O6/c1-13-10-16(14(2)26(13)17-7-5-15(6-8-17)22(29)30)11-19-20(27)24-23(31)25(21(19)28)12-18-4-3-9-32-18/h3-11H,12H2,1-2H3,(H,29,30)(H,24,27,31)/p-1/b19-11-. The van der Waals surface area contributed by atoms with Gasteiger partial charge in [-0.15, -0.1) is 0 Å². The van der Waals surface area contributed by atoms with Gasteiger partial charge in [-0.2, -0.15) is 0 Å². The molecule has 1 N–H and O–H groups in total. The maximum atomic E-state index is 12.9. The van der Waals surface area contributed by atoms with Crippen molar-refractivity contribution in [3.05, 3.63) is 82.6 Å². The first-order valence-electron chi connectivity index (χ1n) is 9.68. The molecule has 2 aromatic heterocycles. The van der Waals surface area contributed by atoms with Crippen LogP contribution in [0, 0.1) is 13.8 Å². The van der Waals surface area contributed by atoms with Crippen LogP contribution in [0.25, 0.3) is 11.8 Å². The van der Waals surface area contributed by atoms with E-state index in [2.05, 4.69) is 5.32 Å².